The highest BCUT2D eigenvalue weighted by atomic mass is 19.3. The topological polar surface area (TPSA) is 77.1 Å². The Hall–Kier alpha value is -3.36. The number of nitrogens with one attached hydrogen (secondary N) is 1. The minimum absolute atomic E-state index is 0.0143. The van der Waals surface area contributed by atoms with E-state index in [1.165, 1.54) is 25.3 Å². The summed E-state index contributed by atoms with van der Waals surface area (Å²) in [6.07, 6.45) is 2.01. The molecule has 2 aromatic rings. The van der Waals surface area contributed by atoms with Crippen molar-refractivity contribution in [2.45, 2.75) is 19.5 Å². The van der Waals surface area contributed by atoms with E-state index in [0.717, 1.165) is 25.9 Å². The molecule has 0 atom stereocenters. The Morgan fingerprint density at radius 3 is 2.57 bits per heavy atom. The van der Waals surface area contributed by atoms with Crippen LogP contribution in [0.15, 0.2) is 42.5 Å². The first-order valence-corrected chi connectivity index (χ1v) is 9.41. The molecule has 0 saturated carbocycles. The molecule has 2 aromatic carbocycles. The zero-order valence-electron chi connectivity index (χ0n) is 16.4. The number of methoxy groups -OCH3 is 1. The van der Waals surface area contributed by atoms with Crippen LogP contribution in [0.2, 0.25) is 0 Å². The van der Waals surface area contributed by atoms with E-state index in [0.29, 0.717) is 11.4 Å². The Kier molecular flexibility index (Phi) is 7.05. The Morgan fingerprint density at radius 2 is 1.87 bits per heavy atom. The third-order valence-electron chi connectivity index (χ3n) is 4.55. The van der Waals surface area contributed by atoms with Crippen molar-refractivity contribution in [3.63, 3.8) is 0 Å². The van der Waals surface area contributed by atoms with Crippen molar-refractivity contribution in [1.82, 2.24) is 4.90 Å². The summed E-state index contributed by atoms with van der Waals surface area (Å²) in [6.45, 7) is -1.56. The van der Waals surface area contributed by atoms with E-state index < -0.39 is 12.5 Å². The van der Waals surface area contributed by atoms with Gasteiger partial charge in [-0.2, -0.15) is 8.78 Å². The van der Waals surface area contributed by atoms with Gasteiger partial charge in [-0.1, -0.05) is 6.07 Å². The molecule has 160 valence electrons. The maximum atomic E-state index is 12.5. The molecule has 1 N–H and O–H groups in total. The summed E-state index contributed by atoms with van der Waals surface area (Å²) in [5.74, 6) is -0.247. The molecule has 9 heteroatoms. The lowest BCUT2D eigenvalue weighted by Crippen LogP contribution is -2.32. The maximum absolute atomic E-state index is 12.5. The van der Waals surface area contributed by atoms with Crippen LogP contribution in [-0.2, 0) is 4.79 Å². The van der Waals surface area contributed by atoms with Crippen molar-refractivity contribution in [2.75, 3.05) is 32.1 Å². The number of carbonyl (C=O) groups is 2. The summed E-state index contributed by atoms with van der Waals surface area (Å²) in [6, 6.07) is 10.5. The monoisotopic (exact) mass is 420 g/mol. The standard InChI is InChI=1S/C21H22F2N2O5/c1-28-18-11-14(7-8-17(18)30-21(22)23)20(27)24-15-5-4-6-16(12-15)29-13-19(26)25-9-2-3-10-25/h4-8,11-12,21H,2-3,9-10,13H2,1H3,(H,24,27). The summed E-state index contributed by atoms with van der Waals surface area (Å²) < 4.78 is 39.8. The predicted molar refractivity (Wildman–Crippen MR) is 105 cm³/mol. The molecule has 7 nitrogen and oxygen atoms in total. The van der Waals surface area contributed by atoms with Crippen LogP contribution >= 0.6 is 0 Å². The van der Waals surface area contributed by atoms with Crippen LogP contribution in [0.4, 0.5) is 14.5 Å². The Bertz CT molecular complexity index is 901. The average Bonchev–Trinajstić information content (AvgIpc) is 3.27. The molecule has 0 radical (unpaired) electrons. The minimum Gasteiger partial charge on any atom is -0.493 e. The van der Waals surface area contributed by atoms with Crippen LogP contribution < -0.4 is 19.5 Å². The van der Waals surface area contributed by atoms with Gasteiger partial charge in [0.05, 0.1) is 7.11 Å². The number of alkyl halides is 2. The van der Waals surface area contributed by atoms with E-state index in [9.17, 15) is 18.4 Å². The van der Waals surface area contributed by atoms with E-state index in [-0.39, 0.29) is 29.6 Å². The molecule has 0 bridgehead atoms. The van der Waals surface area contributed by atoms with Crippen LogP contribution in [0.5, 0.6) is 17.2 Å². The van der Waals surface area contributed by atoms with Crippen LogP contribution in [0.3, 0.4) is 0 Å². The Morgan fingerprint density at radius 1 is 1.10 bits per heavy atom. The largest absolute Gasteiger partial charge is 0.493 e. The molecular formula is C21H22F2N2O5. The third kappa shape index (κ3) is 5.59. The maximum Gasteiger partial charge on any atom is 0.387 e. The first-order valence-electron chi connectivity index (χ1n) is 9.41. The molecule has 1 aliphatic heterocycles. The molecule has 2 amide bonds. The lowest BCUT2D eigenvalue weighted by Gasteiger charge is -2.16. The van der Waals surface area contributed by atoms with Gasteiger partial charge in [0, 0.05) is 30.4 Å². The van der Waals surface area contributed by atoms with Gasteiger partial charge in [0.1, 0.15) is 5.75 Å². The zero-order valence-corrected chi connectivity index (χ0v) is 16.4. The van der Waals surface area contributed by atoms with Crippen LogP contribution in [-0.4, -0.2) is 50.1 Å². The van der Waals surface area contributed by atoms with E-state index in [4.69, 9.17) is 9.47 Å². The first-order chi connectivity index (χ1) is 14.5. The van der Waals surface area contributed by atoms with Gasteiger partial charge >= 0.3 is 6.61 Å². The highest BCUT2D eigenvalue weighted by Crippen LogP contribution is 2.30. The summed E-state index contributed by atoms with van der Waals surface area (Å²) in [7, 11) is 1.29. The number of likely N-dealkylation sites (tertiary alicyclic amines) is 1. The number of nitrogens with zero attached hydrogens (tertiary/aromatic N) is 1. The average molecular weight is 420 g/mol. The van der Waals surface area contributed by atoms with Gasteiger partial charge in [0.25, 0.3) is 11.8 Å². The summed E-state index contributed by atoms with van der Waals surface area (Å²) in [4.78, 5) is 26.4. The van der Waals surface area contributed by atoms with E-state index >= 15 is 0 Å². The number of carbonyl (C=O) groups excluding carboxylic acids is 2. The van der Waals surface area contributed by atoms with Crippen LogP contribution in [0, 0.1) is 0 Å². The van der Waals surface area contributed by atoms with Gasteiger partial charge in [-0.15, -0.1) is 0 Å². The van der Waals surface area contributed by atoms with E-state index in [2.05, 4.69) is 10.1 Å². The molecule has 1 heterocycles. The van der Waals surface area contributed by atoms with Crippen molar-refractivity contribution in [3.05, 3.63) is 48.0 Å². The second-order valence-electron chi connectivity index (χ2n) is 6.60. The highest BCUT2D eigenvalue weighted by molar-refractivity contribution is 6.04. The third-order valence-corrected chi connectivity index (χ3v) is 4.55. The smallest absolute Gasteiger partial charge is 0.387 e. The number of anilines is 1. The van der Waals surface area contributed by atoms with Gasteiger partial charge in [0.2, 0.25) is 0 Å². The van der Waals surface area contributed by atoms with Crippen LogP contribution in [0.1, 0.15) is 23.2 Å². The molecule has 1 saturated heterocycles. The number of hydrogen-bond donors (Lipinski definition) is 1. The molecule has 0 spiro atoms. The zero-order chi connectivity index (χ0) is 21.5. The number of amides is 2. The Balaban J connectivity index is 1.62. The van der Waals surface area contributed by atoms with E-state index in [1.54, 1.807) is 29.2 Å². The summed E-state index contributed by atoms with van der Waals surface area (Å²) in [5, 5.41) is 2.69. The molecule has 3 rings (SSSR count). The normalized spacial score (nSPS) is 13.3. The van der Waals surface area contributed by atoms with Gasteiger partial charge in [-0.05, 0) is 43.2 Å². The Labute approximate surface area is 172 Å². The first kappa shape index (κ1) is 21.4. The summed E-state index contributed by atoms with van der Waals surface area (Å²) in [5.41, 5.74) is 0.655. The fourth-order valence-corrected chi connectivity index (χ4v) is 3.07. The SMILES string of the molecule is COc1cc(C(=O)Nc2cccc(OCC(=O)N3CCCC3)c2)ccc1OC(F)F. The second-order valence-corrected chi connectivity index (χ2v) is 6.60. The fraction of sp³-hybridized carbons (Fsp3) is 0.333. The number of hydrogen-bond acceptors (Lipinski definition) is 5. The molecule has 0 aliphatic carbocycles. The summed E-state index contributed by atoms with van der Waals surface area (Å²) >= 11 is 0. The number of benzene rings is 2. The minimum atomic E-state index is -3.00. The van der Waals surface area contributed by atoms with Crippen molar-refractivity contribution >= 4 is 17.5 Å². The molecule has 0 aromatic heterocycles. The van der Waals surface area contributed by atoms with Crippen LogP contribution in [0.25, 0.3) is 0 Å². The quantitative estimate of drug-likeness (QED) is 0.707. The van der Waals surface area contributed by atoms with Gasteiger partial charge in [-0.3, -0.25) is 9.59 Å². The van der Waals surface area contributed by atoms with E-state index in [1.807, 2.05) is 0 Å². The number of halogens is 2. The molecule has 30 heavy (non-hydrogen) atoms. The van der Waals surface area contributed by atoms with Gasteiger partial charge < -0.3 is 24.4 Å². The predicted octanol–water partition coefficient (Wildman–Crippen LogP) is 3.55. The lowest BCUT2D eigenvalue weighted by atomic mass is 10.2. The number of ether oxygens (including phenoxy) is 3. The van der Waals surface area contributed by atoms with Crippen molar-refractivity contribution in [1.29, 1.82) is 0 Å². The van der Waals surface area contributed by atoms with Crippen molar-refractivity contribution in [3.8, 4) is 17.2 Å². The lowest BCUT2D eigenvalue weighted by molar-refractivity contribution is -0.132. The molecular weight excluding hydrogens is 398 g/mol. The molecule has 0 unspecified atom stereocenters. The molecule has 1 fully saturated rings. The number of rotatable bonds is 8. The van der Waals surface area contributed by atoms with Crippen molar-refractivity contribution < 1.29 is 32.6 Å². The van der Waals surface area contributed by atoms with Crippen molar-refractivity contribution in [2.24, 2.45) is 0 Å². The highest BCUT2D eigenvalue weighted by Gasteiger charge is 2.18. The second kappa shape index (κ2) is 9.91. The van der Waals surface area contributed by atoms with Gasteiger partial charge in [0.15, 0.2) is 18.1 Å². The molecule has 1 aliphatic rings. The van der Waals surface area contributed by atoms with Gasteiger partial charge in [-0.25, -0.2) is 0 Å². The fourth-order valence-electron chi connectivity index (χ4n) is 3.07.